The Balaban J connectivity index is 0.000000147. The average Bonchev–Trinajstić information content (AvgIpc) is 0.920. The third-order valence-corrected chi connectivity index (χ3v) is 28.5. The lowest BCUT2D eigenvalue weighted by Crippen LogP contribution is -1.99. The number of aromatic nitrogens is 8. The zero-order valence-electron chi connectivity index (χ0n) is 78.4. The summed E-state index contributed by atoms with van der Waals surface area (Å²) >= 11 is 0. The normalized spacial score (nSPS) is 11.6. The summed E-state index contributed by atoms with van der Waals surface area (Å²) in [6.45, 7) is 0. The summed E-state index contributed by atoms with van der Waals surface area (Å²) in [6.07, 6.45) is 0. The van der Waals surface area contributed by atoms with Crippen LogP contribution >= 0.6 is 0 Å². The molecule has 672 valence electrons. The summed E-state index contributed by atoms with van der Waals surface area (Å²) in [7, 11) is 0. The summed E-state index contributed by atoms with van der Waals surface area (Å²) in [4.78, 5) is 21.6. The molecule has 4 aromatic heterocycles. The average molecular weight is 1830 g/mol. The predicted molar refractivity (Wildman–Crippen MR) is 602 cm³/mol. The Hall–Kier alpha value is -19.3. The van der Waals surface area contributed by atoms with E-state index in [1.165, 1.54) is 54.2 Å². The van der Waals surface area contributed by atoms with E-state index in [1.807, 2.05) is 0 Å². The van der Waals surface area contributed by atoms with Gasteiger partial charge in [0.1, 0.15) is 23.3 Å². The van der Waals surface area contributed by atoms with Crippen LogP contribution in [-0.2, 0) is 0 Å². The van der Waals surface area contributed by atoms with Gasteiger partial charge in [-0.3, -0.25) is 18.3 Å². The number of fused-ring (bicyclic) bond motifs is 10. The zero-order valence-corrected chi connectivity index (χ0v) is 78.4. The van der Waals surface area contributed by atoms with Gasteiger partial charge < -0.3 is 0 Å². The van der Waals surface area contributed by atoms with Gasteiger partial charge in [0.05, 0.1) is 44.1 Å². The summed E-state index contributed by atoms with van der Waals surface area (Å²) in [5.74, 6) is 3.56. The van der Waals surface area contributed by atoms with E-state index in [0.29, 0.717) is 0 Å². The highest BCUT2D eigenvalue weighted by Crippen LogP contribution is 2.52. The molecule has 0 amide bonds. The van der Waals surface area contributed by atoms with Crippen molar-refractivity contribution in [2.24, 2.45) is 0 Å². The molecule has 0 spiro atoms. The van der Waals surface area contributed by atoms with Gasteiger partial charge in [0.25, 0.3) is 0 Å². The lowest BCUT2D eigenvalue weighted by Gasteiger charge is -2.22. The Bertz CT molecular complexity index is 9180. The summed E-state index contributed by atoms with van der Waals surface area (Å²) in [6, 6.07) is 193. The van der Waals surface area contributed by atoms with E-state index in [4.69, 9.17) is 19.9 Å². The summed E-state index contributed by atoms with van der Waals surface area (Å²) in [5.41, 5.74) is 34.9. The van der Waals surface area contributed by atoms with E-state index in [0.717, 1.165) is 212 Å². The van der Waals surface area contributed by atoms with Crippen LogP contribution in [0.2, 0.25) is 0 Å². The molecule has 144 heavy (non-hydrogen) atoms. The van der Waals surface area contributed by atoms with Gasteiger partial charge in [0.2, 0.25) is 0 Å². The van der Waals surface area contributed by atoms with Crippen molar-refractivity contribution >= 4 is 109 Å². The number of para-hydroxylation sites is 12. The molecule has 0 bridgehead atoms. The van der Waals surface area contributed by atoms with Crippen LogP contribution in [0.1, 0.15) is 0 Å². The summed E-state index contributed by atoms with van der Waals surface area (Å²) in [5, 5.41) is 14.0. The van der Waals surface area contributed by atoms with E-state index in [9.17, 15) is 0 Å². The van der Waals surface area contributed by atoms with Crippen molar-refractivity contribution in [3.63, 3.8) is 0 Å². The third kappa shape index (κ3) is 15.0. The van der Waals surface area contributed by atoms with Crippen LogP contribution in [0.5, 0.6) is 0 Å². The largest absolute Gasteiger partial charge is 0.292 e. The van der Waals surface area contributed by atoms with Crippen LogP contribution in [0.3, 0.4) is 0 Å². The molecule has 28 aromatic rings. The first-order valence-electron chi connectivity index (χ1n) is 49.1. The standard InChI is InChI=1S/C76H50N4.C60H38N4/c1-7-23-51(24-8-1)57-43-58(52-25-9-2-10-26-52)46-61(45-57)73-65-41-39-56(76-78-70-36-20-22-38-72(70)80(76)64-33-17-6-18-34-64)50-68(65)74(62-47-59(53-27-11-3-12-28-53)44-60(48-62)54-29-13-4-14-30-54)66-42-40-55(49-67(66)73)75-77-69-35-19-21-37-71(69)79(75)63-31-15-5-16-32-63;1-3-19-47(20-4-1)63-55-25-13-11-23-53(55)61-59(63)45-31-33-49-51(37-45)57(43-29-27-39-15-7-9-17-41(39)35-43)50-34-32-46(38-52(50)58(49)44-30-28-40-16-8-10-18-42(40)36-44)60-62-54-24-12-14-26-56(54)64(60)48-21-5-2-6-22-48/h1-50H;1-38H. The maximum absolute atomic E-state index is 5.46. The molecule has 0 unspecified atom stereocenters. The van der Waals surface area contributed by atoms with Gasteiger partial charge in [-0.05, 0) is 324 Å². The van der Waals surface area contributed by atoms with Gasteiger partial charge in [-0.2, -0.15) is 0 Å². The van der Waals surface area contributed by atoms with E-state index in [1.54, 1.807) is 0 Å². The maximum Gasteiger partial charge on any atom is 0.145 e. The fraction of sp³-hybridized carbons (Fsp3) is 0. The molecule has 0 N–H and O–H groups in total. The minimum atomic E-state index is 0.877. The first-order chi connectivity index (χ1) is 71.4. The third-order valence-electron chi connectivity index (χ3n) is 28.5. The number of rotatable bonds is 16. The van der Waals surface area contributed by atoms with Crippen molar-refractivity contribution in [3.05, 3.63) is 534 Å². The van der Waals surface area contributed by atoms with Crippen LogP contribution < -0.4 is 0 Å². The molecule has 0 aliphatic heterocycles. The second-order valence-corrected chi connectivity index (χ2v) is 37.1. The van der Waals surface area contributed by atoms with E-state index in [-0.39, 0.29) is 0 Å². The molecule has 0 aliphatic rings. The van der Waals surface area contributed by atoms with E-state index >= 15 is 0 Å². The van der Waals surface area contributed by atoms with Crippen LogP contribution in [0.25, 0.3) is 266 Å². The molecule has 8 nitrogen and oxygen atoms in total. The van der Waals surface area contributed by atoms with Crippen molar-refractivity contribution in [2.45, 2.75) is 0 Å². The van der Waals surface area contributed by atoms with E-state index < -0.39 is 0 Å². The van der Waals surface area contributed by atoms with Gasteiger partial charge >= 0.3 is 0 Å². The fourth-order valence-corrected chi connectivity index (χ4v) is 21.9. The first-order valence-corrected chi connectivity index (χ1v) is 49.1. The molecule has 28 rings (SSSR count). The highest BCUT2D eigenvalue weighted by molar-refractivity contribution is 6.25. The lowest BCUT2D eigenvalue weighted by atomic mass is 9.82. The first kappa shape index (κ1) is 84.0. The smallest absolute Gasteiger partial charge is 0.145 e. The molecular weight excluding hydrogens is 1750 g/mol. The Morgan fingerprint density at radius 3 is 0.576 bits per heavy atom. The molecule has 0 radical (unpaired) electrons. The highest BCUT2D eigenvalue weighted by atomic mass is 15.1. The minimum absolute atomic E-state index is 0.877. The molecule has 24 aromatic carbocycles. The van der Waals surface area contributed by atoms with Gasteiger partial charge in [0, 0.05) is 45.0 Å². The van der Waals surface area contributed by atoms with Crippen molar-refractivity contribution in [2.75, 3.05) is 0 Å². The zero-order chi connectivity index (χ0) is 95.1. The Kier molecular flexibility index (Phi) is 20.8. The number of hydrogen-bond acceptors (Lipinski definition) is 4. The number of benzene rings is 24. The van der Waals surface area contributed by atoms with Crippen molar-refractivity contribution in [1.29, 1.82) is 0 Å². The maximum atomic E-state index is 5.46. The quantitative estimate of drug-likeness (QED) is 0.0904. The molecule has 4 heterocycles. The van der Waals surface area contributed by atoms with Crippen LogP contribution in [0.15, 0.2) is 534 Å². The fourth-order valence-electron chi connectivity index (χ4n) is 21.9. The van der Waals surface area contributed by atoms with Crippen LogP contribution in [0, 0.1) is 0 Å². The monoisotopic (exact) mass is 1830 g/mol. The topological polar surface area (TPSA) is 71.3 Å². The Labute approximate surface area is 832 Å². The van der Waals surface area contributed by atoms with Gasteiger partial charge in [-0.25, -0.2) is 19.9 Å². The summed E-state index contributed by atoms with van der Waals surface area (Å²) < 4.78 is 9.20. The molecule has 0 aliphatic carbocycles. The molecule has 0 fully saturated rings. The molecule has 0 saturated carbocycles. The van der Waals surface area contributed by atoms with Gasteiger partial charge in [-0.1, -0.05) is 364 Å². The van der Waals surface area contributed by atoms with Gasteiger partial charge in [-0.15, -0.1) is 0 Å². The van der Waals surface area contributed by atoms with Crippen molar-refractivity contribution < 1.29 is 0 Å². The second kappa shape index (κ2) is 35.6. The Morgan fingerprint density at radius 2 is 0.319 bits per heavy atom. The van der Waals surface area contributed by atoms with Crippen molar-refractivity contribution in [1.82, 2.24) is 38.2 Å². The SMILES string of the molecule is c1ccc(-c2cc(-c3ccccc3)cc(-c3c4ccc(-c5nc6ccccc6n5-c5ccccc5)cc4c(-c4cc(-c5ccccc5)cc(-c5ccccc5)c4)c4ccc(-c5nc6ccccc6n5-c5ccccc5)cc34)c2)cc1.c1ccc(-n2c(-c3ccc4c(-c5ccc6ccccc6c5)c5cc(-c6nc7ccccc7n6-c6ccccc6)ccc5c(-c5ccc6ccccc6c5)c4c3)nc3ccccc32)cc1. The van der Waals surface area contributed by atoms with Crippen LogP contribution in [0.4, 0.5) is 0 Å². The second-order valence-electron chi connectivity index (χ2n) is 37.1. The number of imidazole rings is 4. The number of hydrogen-bond donors (Lipinski definition) is 0. The lowest BCUT2D eigenvalue weighted by molar-refractivity contribution is 1.10. The van der Waals surface area contributed by atoms with E-state index in [2.05, 4.69) is 552 Å². The molecule has 8 heteroatoms. The molecule has 0 atom stereocenters. The molecular formula is C136H88N8. The number of nitrogens with zero attached hydrogens (tertiary/aromatic N) is 8. The van der Waals surface area contributed by atoms with Crippen LogP contribution in [-0.4, -0.2) is 38.2 Å². The molecule has 0 saturated heterocycles. The Morgan fingerprint density at radius 1 is 0.118 bits per heavy atom. The predicted octanol–water partition coefficient (Wildman–Crippen LogP) is 35.7. The minimum Gasteiger partial charge on any atom is -0.292 e. The highest BCUT2D eigenvalue weighted by Gasteiger charge is 2.29. The van der Waals surface area contributed by atoms with Gasteiger partial charge in [0.15, 0.2) is 0 Å². The van der Waals surface area contributed by atoms with Crippen molar-refractivity contribution in [3.8, 4) is 157 Å².